The lowest BCUT2D eigenvalue weighted by molar-refractivity contribution is -0.128. The summed E-state index contributed by atoms with van der Waals surface area (Å²) in [6, 6.07) is 13.6. The predicted octanol–water partition coefficient (Wildman–Crippen LogP) is 4.63. The van der Waals surface area contributed by atoms with Gasteiger partial charge in [-0.1, -0.05) is 37.8 Å². The molecule has 1 aromatic heterocycles. The number of hydrogen-bond donors (Lipinski definition) is 0. The number of carbonyl (C=O) groups is 1. The van der Waals surface area contributed by atoms with Gasteiger partial charge in [-0.05, 0) is 85.7 Å². The van der Waals surface area contributed by atoms with E-state index in [1.54, 1.807) is 4.90 Å². The van der Waals surface area contributed by atoms with Gasteiger partial charge in [0.05, 0.1) is 5.52 Å². The number of piperazine rings is 1. The van der Waals surface area contributed by atoms with Crippen molar-refractivity contribution < 1.29 is 9.53 Å². The molecule has 0 saturated carbocycles. The quantitative estimate of drug-likeness (QED) is 0.316. The second-order valence-corrected chi connectivity index (χ2v) is 11.8. The van der Waals surface area contributed by atoms with Crippen LogP contribution in [0, 0.1) is 12.5 Å². The summed E-state index contributed by atoms with van der Waals surface area (Å²) >= 11 is 0. The van der Waals surface area contributed by atoms with Gasteiger partial charge < -0.3 is 24.3 Å². The molecule has 6 rings (SSSR count). The third-order valence-electron chi connectivity index (χ3n) is 8.98. The first-order valence-corrected chi connectivity index (χ1v) is 14.7. The topological polar surface area (TPSA) is 66.2 Å². The number of likely N-dealkylation sites (N-methyl/N-ethyl adjacent to an activating group) is 1. The third kappa shape index (κ3) is 5.39. The van der Waals surface area contributed by atoms with Crippen LogP contribution in [-0.2, 0) is 17.6 Å². The van der Waals surface area contributed by atoms with Crippen LogP contribution in [0.5, 0.6) is 6.01 Å². The third-order valence-corrected chi connectivity index (χ3v) is 8.98. The van der Waals surface area contributed by atoms with Crippen LogP contribution in [0.25, 0.3) is 26.9 Å². The molecule has 0 spiro atoms. The van der Waals surface area contributed by atoms with E-state index in [0.717, 1.165) is 48.1 Å². The standard InChI is InChI=1S/C33H38N6O2/c1-5-31(40)39-15-14-38(20-26(39)19-34-3)32-28-12-11-24(27-10-6-8-23-16-22(2)17-29(23)27)18-30(28)35-33(36-32)41-21-25-9-7-13-37(25)4/h5-6,8,10-12,18,22,25-26H,1,7,9,13-17,19-21H2,2,4H3/t22?,25-,26-/m0/s1. The van der Waals surface area contributed by atoms with E-state index in [1.807, 2.05) is 0 Å². The van der Waals surface area contributed by atoms with Crippen LogP contribution in [0.3, 0.4) is 0 Å². The fourth-order valence-electron chi connectivity index (χ4n) is 6.78. The summed E-state index contributed by atoms with van der Waals surface area (Å²) in [5.74, 6) is 1.32. The number of likely N-dealkylation sites (tertiary alicyclic amines) is 1. The fraction of sp³-hybridized carbons (Fsp3) is 0.455. The van der Waals surface area contributed by atoms with Gasteiger partial charge in [-0.2, -0.15) is 9.97 Å². The number of anilines is 1. The largest absolute Gasteiger partial charge is 0.462 e. The Morgan fingerprint density at radius 3 is 2.83 bits per heavy atom. The summed E-state index contributed by atoms with van der Waals surface area (Å²) in [4.78, 5) is 32.3. The maximum absolute atomic E-state index is 12.5. The molecule has 8 nitrogen and oxygen atoms in total. The van der Waals surface area contributed by atoms with Crippen LogP contribution < -0.4 is 9.64 Å². The minimum atomic E-state index is -0.235. The highest BCUT2D eigenvalue weighted by atomic mass is 16.5. The molecule has 3 atom stereocenters. The number of aromatic nitrogens is 2. The molecule has 0 radical (unpaired) electrons. The predicted molar refractivity (Wildman–Crippen MR) is 162 cm³/mol. The highest BCUT2D eigenvalue weighted by molar-refractivity contribution is 5.93. The monoisotopic (exact) mass is 550 g/mol. The zero-order chi connectivity index (χ0) is 28.5. The first-order chi connectivity index (χ1) is 19.9. The van der Waals surface area contributed by atoms with Crippen molar-refractivity contribution in [3.63, 3.8) is 0 Å². The maximum Gasteiger partial charge on any atom is 0.319 e. The molecule has 41 heavy (non-hydrogen) atoms. The van der Waals surface area contributed by atoms with Crippen LogP contribution in [0.2, 0.25) is 0 Å². The summed E-state index contributed by atoms with van der Waals surface area (Å²) in [5, 5.41) is 0.949. The Balaban J connectivity index is 1.38. The van der Waals surface area contributed by atoms with Crippen LogP contribution >= 0.6 is 0 Å². The lowest BCUT2D eigenvalue weighted by atomic mass is 9.96. The number of rotatable bonds is 7. The van der Waals surface area contributed by atoms with Crippen molar-refractivity contribution in [3.8, 4) is 17.1 Å². The minimum Gasteiger partial charge on any atom is -0.462 e. The van der Waals surface area contributed by atoms with Crippen molar-refractivity contribution in [1.82, 2.24) is 19.8 Å². The molecule has 3 heterocycles. The highest BCUT2D eigenvalue weighted by Crippen LogP contribution is 2.37. The lowest BCUT2D eigenvalue weighted by Gasteiger charge is -2.39. The van der Waals surface area contributed by atoms with Crippen molar-refractivity contribution in [2.24, 2.45) is 5.92 Å². The van der Waals surface area contributed by atoms with Gasteiger partial charge >= 0.3 is 6.01 Å². The summed E-state index contributed by atoms with van der Waals surface area (Å²) in [7, 11) is 2.14. The maximum atomic E-state index is 12.5. The number of hydrogen-bond acceptors (Lipinski definition) is 6. The van der Waals surface area contributed by atoms with Crippen molar-refractivity contribution >= 4 is 22.6 Å². The molecule has 2 fully saturated rings. The molecular weight excluding hydrogens is 512 g/mol. The van der Waals surface area contributed by atoms with Crippen LogP contribution in [0.4, 0.5) is 5.82 Å². The van der Waals surface area contributed by atoms with E-state index in [2.05, 4.69) is 71.6 Å². The minimum absolute atomic E-state index is 0.134. The second-order valence-electron chi connectivity index (χ2n) is 11.8. The number of carbonyl (C=O) groups excluding carboxylic acids is 1. The molecule has 2 aromatic carbocycles. The molecule has 0 bridgehead atoms. The summed E-state index contributed by atoms with van der Waals surface area (Å²) in [5.41, 5.74) is 6.16. The smallest absolute Gasteiger partial charge is 0.319 e. The molecule has 212 valence electrons. The molecule has 2 saturated heterocycles. The number of fused-ring (bicyclic) bond motifs is 2. The SMILES string of the molecule is [C-]#[N+]C[C@H]1CN(c2nc(OC[C@@H]3CCCN3C)nc3cc(-c4cccc5c4CC(C)C5)ccc23)CCN1C(=O)C=C. The molecule has 1 amide bonds. The summed E-state index contributed by atoms with van der Waals surface area (Å²) < 4.78 is 6.27. The van der Waals surface area contributed by atoms with E-state index in [-0.39, 0.29) is 18.5 Å². The zero-order valence-electron chi connectivity index (χ0n) is 24.1. The van der Waals surface area contributed by atoms with Crippen molar-refractivity contribution in [1.29, 1.82) is 0 Å². The van der Waals surface area contributed by atoms with Gasteiger partial charge in [-0.15, -0.1) is 0 Å². The van der Waals surface area contributed by atoms with Crippen molar-refractivity contribution in [2.75, 3.05) is 51.3 Å². The first-order valence-electron chi connectivity index (χ1n) is 14.7. The van der Waals surface area contributed by atoms with Gasteiger partial charge in [-0.25, -0.2) is 6.57 Å². The molecular formula is C33H38N6O2. The molecule has 1 aliphatic carbocycles. The second kappa shape index (κ2) is 11.5. The van der Waals surface area contributed by atoms with Crippen molar-refractivity contribution in [2.45, 2.75) is 44.7 Å². The average Bonchev–Trinajstić information content (AvgIpc) is 3.58. The van der Waals surface area contributed by atoms with Gasteiger partial charge in [-0.3, -0.25) is 4.79 Å². The van der Waals surface area contributed by atoms with Crippen LogP contribution in [-0.4, -0.2) is 84.1 Å². The number of nitrogens with zero attached hydrogens (tertiary/aromatic N) is 6. The summed E-state index contributed by atoms with van der Waals surface area (Å²) in [6.45, 7) is 16.9. The number of benzene rings is 2. The Hall–Kier alpha value is -3.96. The first kappa shape index (κ1) is 27.2. The van der Waals surface area contributed by atoms with Gasteiger partial charge in [0, 0.05) is 31.1 Å². The van der Waals surface area contributed by atoms with Gasteiger partial charge in [0.2, 0.25) is 12.5 Å². The van der Waals surface area contributed by atoms with E-state index >= 15 is 0 Å². The zero-order valence-corrected chi connectivity index (χ0v) is 24.1. The van der Waals surface area contributed by atoms with Gasteiger partial charge in [0.15, 0.2) is 0 Å². The lowest BCUT2D eigenvalue weighted by Crippen LogP contribution is -2.56. The fourth-order valence-corrected chi connectivity index (χ4v) is 6.78. The molecule has 0 N–H and O–H groups in total. The molecule has 3 aromatic rings. The van der Waals surface area contributed by atoms with Crippen LogP contribution in [0.15, 0.2) is 49.1 Å². The Morgan fingerprint density at radius 1 is 1.17 bits per heavy atom. The Labute approximate surface area is 242 Å². The molecule has 8 heteroatoms. The van der Waals surface area contributed by atoms with E-state index in [4.69, 9.17) is 21.3 Å². The Morgan fingerprint density at radius 2 is 2.05 bits per heavy atom. The van der Waals surface area contributed by atoms with E-state index < -0.39 is 0 Å². The number of amides is 1. The highest BCUT2D eigenvalue weighted by Gasteiger charge is 2.33. The molecule has 1 unspecified atom stereocenters. The Kier molecular flexibility index (Phi) is 7.63. The summed E-state index contributed by atoms with van der Waals surface area (Å²) in [6.07, 6.45) is 5.84. The van der Waals surface area contributed by atoms with Gasteiger partial charge in [0.25, 0.3) is 0 Å². The van der Waals surface area contributed by atoms with E-state index in [0.29, 0.717) is 44.2 Å². The molecule has 3 aliphatic rings. The normalized spacial score (nSPS) is 22.5. The van der Waals surface area contributed by atoms with Gasteiger partial charge in [0.1, 0.15) is 18.5 Å². The Bertz CT molecular complexity index is 1510. The van der Waals surface area contributed by atoms with E-state index in [9.17, 15) is 4.79 Å². The van der Waals surface area contributed by atoms with Crippen molar-refractivity contribution in [3.05, 3.63) is 71.6 Å². The van der Waals surface area contributed by atoms with Crippen LogP contribution in [0.1, 0.15) is 30.9 Å². The average molecular weight is 551 g/mol. The molecule has 2 aliphatic heterocycles. The van der Waals surface area contributed by atoms with E-state index in [1.165, 1.54) is 29.2 Å². The number of ether oxygens (including phenoxy) is 1.